The molecule has 3 heteroatoms. The molecule has 0 aliphatic rings. The summed E-state index contributed by atoms with van der Waals surface area (Å²) in [6.45, 7) is 0.258. The van der Waals surface area contributed by atoms with Crippen LogP contribution >= 0.6 is 0 Å². The molecule has 0 bridgehead atoms. The molecule has 0 saturated carbocycles. The first-order valence-corrected chi connectivity index (χ1v) is 5.09. The van der Waals surface area contributed by atoms with E-state index in [4.69, 9.17) is 9.47 Å². The molecule has 2 aromatic carbocycles. The van der Waals surface area contributed by atoms with Crippen LogP contribution < -0.4 is 23.6 Å². The van der Waals surface area contributed by atoms with Crippen molar-refractivity contribution in [2.45, 2.75) is 0 Å². The Bertz CT molecular complexity index is 443. The van der Waals surface area contributed by atoms with Crippen molar-refractivity contribution in [2.24, 2.45) is 0 Å². The summed E-state index contributed by atoms with van der Waals surface area (Å²) in [6, 6.07) is 18.8. The summed E-state index contributed by atoms with van der Waals surface area (Å²) in [5.74, 6) is 0.823. The smallest absolute Gasteiger partial charge is 0.468 e. The van der Waals surface area contributed by atoms with E-state index in [0.717, 1.165) is 16.9 Å². The number of para-hydroxylation sites is 1. The molecule has 0 aromatic heterocycles. The third-order valence-electron chi connectivity index (χ3n) is 2.24. The Balaban J connectivity index is 0.00000144. The van der Waals surface area contributed by atoms with E-state index in [0.29, 0.717) is 0 Å². The first kappa shape index (κ1) is 13.9. The van der Waals surface area contributed by atoms with Crippen molar-refractivity contribution >= 4 is 0 Å². The summed E-state index contributed by atoms with van der Waals surface area (Å²) < 4.78 is 10.4. The number of hydrogen-bond donors (Lipinski definition) is 0. The zero-order valence-electron chi connectivity index (χ0n) is 10.1. The summed E-state index contributed by atoms with van der Waals surface area (Å²) in [6.07, 6.45) is 0. The summed E-state index contributed by atoms with van der Waals surface area (Å²) in [5, 5.41) is 0. The number of hydrogen-bond acceptors (Lipinski definition) is 2. The van der Waals surface area contributed by atoms with Crippen molar-refractivity contribution in [3.63, 3.8) is 0 Å². The number of ether oxygens (including phenoxy) is 2. The molecule has 0 fully saturated rings. The van der Waals surface area contributed by atoms with Crippen LogP contribution in [-0.2, 0) is 4.74 Å². The molecule has 2 nitrogen and oxygen atoms in total. The average molecular weight is 220 g/mol. The predicted molar refractivity (Wildman–Crippen MR) is 63.2 cm³/mol. The molecule has 0 saturated heterocycles. The fourth-order valence-corrected chi connectivity index (χ4v) is 1.51. The van der Waals surface area contributed by atoms with Crippen LogP contribution in [0.25, 0.3) is 11.1 Å². The minimum atomic E-state index is 0. The van der Waals surface area contributed by atoms with Crippen LogP contribution in [0.2, 0.25) is 0 Å². The van der Waals surface area contributed by atoms with Crippen molar-refractivity contribution in [3.05, 3.63) is 54.6 Å². The van der Waals surface area contributed by atoms with E-state index in [-0.39, 0.29) is 25.7 Å². The van der Waals surface area contributed by atoms with Gasteiger partial charge in [-0.3, -0.25) is 0 Å². The van der Waals surface area contributed by atoms with Crippen molar-refractivity contribution in [1.82, 2.24) is 0 Å². The molecular formula is C14H13LiO2. The van der Waals surface area contributed by atoms with Gasteiger partial charge in [-0.1, -0.05) is 18.2 Å². The Morgan fingerprint density at radius 1 is 1.12 bits per heavy atom. The Morgan fingerprint density at radius 2 is 1.94 bits per heavy atom. The van der Waals surface area contributed by atoms with Gasteiger partial charge in [-0.05, 0) is 11.6 Å². The largest absolute Gasteiger partial charge is 1.00 e. The molecular weight excluding hydrogens is 207 g/mol. The molecule has 0 amide bonds. The molecule has 17 heavy (non-hydrogen) atoms. The molecule has 0 spiro atoms. The van der Waals surface area contributed by atoms with Gasteiger partial charge < -0.3 is 9.47 Å². The van der Waals surface area contributed by atoms with Crippen LogP contribution in [0.1, 0.15) is 0 Å². The van der Waals surface area contributed by atoms with Crippen LogP contribution in [-0.4, -0.2) is 13.9 Å². The summed E-state index contributed by atoms with van der Waals surface area (Å²) in [4.78, 5) is 0. The van der Waals surface area contributed by atoms with Crippen molar-refractivity contribution in [1.29, 1.82) is 0 Å². The van der Waals surface area contributed by atoms with Crippen LogP contribution in [0.15, 0.2) is 48.5 Å². The maximum atomic E-state index is 5.50. The minimum absolute atomic E-state index is 0. The second-order valence-corrected chi connectivity index (χ2v) is 3.34. The van der Waals surface area contributed by atoms with Gasteiger partial charge in [-0.15, -0.1) is 5.56 Å². The molecule has 2 rings (SSSR count). The van der Waals surface area contributed by atoms with Crippen LogP contribution in [0.4, 0.5) is 0 Å². The van der Waals surface area contributed by atoms with Gasteiger partial charge in [0.15, 0.2) is 6.79 Å². The van der Waals surface area contributed by atoms with Gasteiger partial charge in [-0.25, -0.2) is 0 Å². The average Bonchev–Trinajstić information content (AvgIpc) is 2.38. The summed E-state index contributed by atoms with van der Waals surface area (Å²) in [7, 11) is 1.61. The molecule has 2 aromatic rings. The summed E-state index contributed by atoms with van der Waals surface area (Å²) in [5.41, 5.74) is 2.14. The first-order chi connectivity index (χ1) is 7.92. The molecule has 0 aliphatic heterocycles. The minimum Gasteiger partial charge on any atom is -0.468 e. The number of benzene rings is 2. The van der Waals surface area contributed by atoms with Crippen LogP contribution in [0.3, 0.4) is 0 Å². The quantitative estimate of drug-likeness (QED) is 0.414. The fourth-order valence-electron chi connectivity index (χ4n) is 1.51. The maximum absolute atomic E-state index is 5.50. The first-order valence-electron chi connectivity index (χ1n) is 5.09. The molecule has 82 valence electrons. The topological polar surface area (TPSA) is 18.5 Å². The Labute approximate surface area is 114 Å². The van der Waals surface area contributed by atoms with E-state index < -0.39 is 0 Å². The standard InChI is InChI=1S/C14H13O2.Li/c1-15-11-16-14-10-6-5-9-13(14)12-7-3-2-4-8-12;/h2-3,5-10H,11H2,1H3;/q-1;+1. The Hall–Kier alpha value is -1.20. The maximum Gasteiger partial charge on any atom is 1.00 e. The van der Waals surface area contributed by atoms with Crippen molar-refractivity contribution in [2.75, 3.05) is 13.9 Å². The van der Waals surface area contributed by atoms with E-state index in [1.54, 1.807) is 7.11 Å². The Morgan fingerprint density at radius 3 is 2.65 bits per heavy atom. The number of rotatable bonds is 4. The van der Waals surface area contributed by atoms with Gasteiger partial charge in [0.05, 0.1) is 0 Å². The van der Waals surface area contributed by atoms with Gasteiger partial charge >= 0.3 is 18.9 Å². The zero-order chi connectivity index (χ0) is 11.2. The third-order valence-corrected chi connectivity index (χ3v) is 2.24. The van der Waals surface area contributed by atoms with Gasteiger partial charge in [0.25, 0.3) is 0 Å². The van der Waals surface area contributed by atoms with Gasteiger partial charge in [0.2, 0.25) is 0 Å². The summed E-state index contributed by atoms with van der Waals surface area (Å²) >= 11 is 0. The second kappa shape index (κ2) is 7.19. The second-order valence-electron chi connectivity index (χ2n) is 3.34. The molecule has 0 N–H and O–H groups in total. The van der Waals surface area contributed by atoms with Gasteiger partial charge in [-0.2, -0.15) is 30.3 Å². The van der Waals surface area contributed by atoms with Crippen LogP contribution in [0, 0.1) is 6.07 Å². The molecule has 0 atom stereocenters. The molecule has 0 radical (unpaired) electrons. The SMILES string of the molecule is COCOc1ccccc1-c1c[c-]ccc1.[Li+]. The Kier molecular flexibility index (Phi) is 5.86. The van der Waals surface area contributed by atoms with E-state index >= 15 is 0 Å². The monoisotopic (exact) mass is 220 g/mol. The van der Waals surface area contributed by atoms with E-state index in [1.165, 1.54) is 0 Å². The molecule has 0 aliphatic carbocycles. The van der Waals surface area contributed by atoms with Crippen molar-refractivity contribution in [3.8, 4) is 16.9 Å². The van der Waals surface area contributed by atoms with Gasteiger partial charge in [0.1, 0.15) is 5.75 Å². The van der Waals surface area contributed by atoms with Gasteiger partial charge in [0, 0.05) is 7.11 Å². The fraction of sp³-hybridized carbons (Fsp3) is 0.143. The van der Waals surface area contributed by atoms with E-state index in [9.17, 15) is 0 Å². The van der Waals surface area contributed by atoms with E-state index in [1.807, 2.05) is 48.5 Å². The number of methoxy groups -OCH3 is 1. The molecule has 0 unspecified atom stereocenters. The molecule has 0 heterocycles. The zero-order valence-corrected chi connectivity index (χ0v) is 10.1. The predicted octanol–water partition coefficient (Wildman–Crippen LogP) is 0.140. The van der Waals surface area contributed by atoms with E-state index in [2.05, 4.69) is 6.07 Å². The van der Waals surface area contributed by atoms with Crippen LogP contribution in [0.5, 0.6) is 5.75 Å². The normalized spacial score (nSPS) is 9.47. The van der Waals surface area contributed by atoms with Crippen molar-refractivity contribution < 1.29 is 28.3 Å². The third kappa shape index (κ3) is 3.64.